The molecule has 1 atom stereocenters. The van der Waals surface area contributed by atoms with Gasteiger partial charge in [-0.15, -0.1) is 0 Å². The number of aliphatic hydroxyl groups excluding tert-OH is 1. The second-order valence-corrected chi connectivity index (χ2v) is 8.22. The van der Waals surface area contributed by atoms with Gasteiger partial charge in [0.05, 0.1) is 5.76 Å². The smallest absolute Gasteiger partial charge is 0.0851 e. The van der Waals surface area contributed by atoms with E-state index in [1.165, 1.54) is 0 Å². The van der Waals surface area contributed by atoms with E-state index in [9.17, 15) is 0 Å². The zero-order valence-electron chi connectivity index (χ0n) is 21.3. The number of aliphatic hydroxyl groups is 1. The van der Waals surface area contributed by atoms with Gasteiger partial charge in [-0.1, -0.05) is 19.7 Å². The van der Waals surface area contributed by atoms with Gasteiger partial charge in [0.2, 0.25) is 0 Å². The minimum atomic E-state index is -1.49. The molecule has 2 heterocycles. The summed E-state index contributed by atoms with van der Waals surface area (Å²) in [6, 6.07) is -0.928. The van der Waals surface area contributed by atoms with E-state index < -0.39 is 12.5 Å². The molecule has 6 heteroatoms. The molecule has 0 aromatic heterocycles. The van der Waals surface area contributed by atoms with Crippen molar-refractivity contribution in [1.29, 1.82) is 0 Å². The molecule has 0 aliphatic carbocycles. The first-order chi connectivity index (χ1) is 15.0. The largest absolute Gasteiger partial charge is 0.513 e. The van der Waals surface area contributed by atoms with Gasteiger partial charge < -0.3 is 20.6 Å². The van der Waals surface area contributed by atoms with Gasteiger partial charge in [0.15, 0.2) is 0 Å². The number of hydrogen-bond acceptors (Lipinski definition) is 6. The summed E-state index contributed by atoms with van der Waals surface area (Å²) in [7, 11) is 2.12. The molecule has 0 aromatic rings. The number of likely N-dealkylation sites (tertiary alicyclic amines) is 1. The molecule has 1 unspecified atom stereocenters. The third-order valence-electron chi connectivity index (χ3n) is 5.50. The van der Waals surface area contributed by atoms with Crippen LogP contribution in [0.1, 0.15) is 42.6 Å². The average molecular weight is 409 g/mol. The van der Waals surface area contributed by atoms with Crippen molar-refractivity contribution in [3.05, 3.63) is 36.9 Å². The predicted molar refractivity (Wildman–Crippen MR) is 123 cm³/mol. The summed E-state index contributed by atoms with van der Waals surface area (Å²) >= 11 is 0. The lowest BCUT2D eigenvalue weighted by Crippen LogP contribution is -2.49. The molecule has 0 radical (unpaired) electrons. The van der Waals surface area contributed by atoms with Crippen LogP contribution >= 0.6 is 0 Å². The van der Waals surface area contributed by atoms with Crippen LogP contribution in [0.3, 0.4) is 0 Å². The lowest BCUT2D eigenvalue weighted by Gasteiger charge is -2.36. The lowest BCUT2D eigenvalue weighted by molar-refractivity contribution is 0.119. The zero-order chi connectivity index (χ0) is 23.8. The van der Waals surface area contributed by atoms with Crippen LogP contribution in [-0.4, -0.2) is 91.7 Å². The predicted octanol–water partition coefficient (Wildman–Crippen LogP) is 2.54. The molecule has 6 nitrogen and oxygen atoms in total. The highest BCUT2D eigenvalue weighted by Gasteiger charge is 2.27. The highest BCUT2D eigenvalue weighted by atomic mass is 16.3. The maximum Gasteiger partial charge on any atom is 0.0851 e. The quantitative estimate of drug-likeness (QED) is 0.303. The van der Waals surface area contributed by atoms with E-state index in [-0.39, 0.29) is 5.76 Å². The molecular weight excluding hydrogens is 362 g/mol. The molecule has 0 amide bonds. The molecule has 2 aliphatic heterocycles. The fourth-order valence-corrected chi connectivity index (χ4v) is 3.64. The van der Waals surface area contributed by atoms with Crippen LogP contribution in [0.25, 0.3) is 0 Å². The first-order valence-corrected chi connectivity index (χ1v) is 10.9. The van der Waals surface area contributed by atoms with E-state index >= 15 is 0 Å². The van der Waals surface area contributed by atoms with Crippen LogP contribution in [0, 0.1) is 0 Å². The van der Waals surface area contributed by atoms with Gasteiger partial charge in [-0.2, -0.15) is 0 Å². The average Bonchev–Trinajstić information content (AvgIpc) is 2.94. The third kappa shape index (κ3) is 9.70. The first-order valence-electron chi connectivity index (χ1n) is 12.4. The van der Waals surface area contributed by atoms with Crippen LogP contribution in [0.2, 0.25) is 0 Å². The molecule has 2 rings (SSSR count). The number of piperazine rings is 1. The number of allylic oxidation sites excluding steroid dienone is 2. The van der Waals surface area contributed by atoms with E-state index in [0.717, 1.165) is 69.9 Å². The summed E-state index contributed by atoms with van der Waals surface area (Å²) in [5, 5.41) is 15.7. The Balaban J connectivity index is 1.73. The SMILES string of the molecule is [2H]C1([2H])CCC([2H])(CN2CCN(C)CC2)N1CC(=C)NCCCC(=C)NCCCC(=C)O. The molecule has 3 N–H and O–H groups in total. The van der Waals surface area contributed by atoms with Crippen LogP contribution in [0.15, 0.2) is 36.9 Å². The minimum Gasteiger partial charge on any atom is -0.513 e. The van der Waals surface area contributed by atoms with Crippen molar-refractivity contribution in [2.24, 2.45) is 0 Å². The van der Waals surface area contributed by atoms with Crippen molar-refractivity contribution < 1.29 is 9.22 Å². The van der Waals surface area contributed by atoms with E-state index in [4.69, 9.17) is 9.22 Å². The summed E-state index contributed by atoms with van der Waals surface area (Å²) in [5.41, 5.74) is 1.72. The van der Waals surface area contributed by atoms with E-state index in [1.54, 1.807) is 4.90 Å². The molecule has 0 saturated carbocycles. The van der Waals surface area contributed by atoms with Crippen molar-refractivity contribution in [2.45, 2.75) is 44.5 Å². The molecular formula is C23H43N5O. The Labute approximate surface area is 182 Å². The van der Waals surface area contributed by atoms with Crippen molar-refractivity contribution in [1.82, 2.24) is 25.3 Å². The Morgan fingerprint density at radius 3 is 2.41 bits per heavy atom. The highest BCUT2D eigenvalue weighted by Crippen LogP contribution is 2.19. The molecule has 166 valence electrons. The Kier molecular flexibility index (Phi) is 8.68. The fourth-order valence-electron chi connectivity index (χ4n) is 3.64. The topological polar surface area (TPSA) is 54.0 Å². The van der Waals surface area contributed by atoms with Crippen LogP contribution in [-0.2, 0) is 0 Å². The molecule has 0 bridgehead atoms. The number of hydrogen-bond donors (Lipinski definition) is 3. The van der Waals surface area contributed by atoms with E-state index in [1.807, 2.05) is 0 Å². The summed E-state index contributed by atoms with van der Waals surface area (Å²) in [5.74, 6) is 0.211. The number of nitrogens with one attached hydrogen (secondary N) is 2. The minimum absolute atomic E-state index is 0.211. The number of likely N-dealkylation sites (N-methyl/N-ethyl adjacent to an activating group) is 1. The lowest BCUT2D eigenvalue weighted by atomic mass is 10.2. The van der Waals surface area contributed by atoms with Gasteiger partial charge in [0.1, 0.15) is 0 Å². The van der Waals surface area contributed by atoms with Crippen molar-refractivity contribution in [3.63, 3.8) is 0 Å². The van der Waals surface area contributed by atoms with Gasteiger partial charge >= 0.3 is 0 Å². The second kappa shape index (κ2) is 12.9. The summed E-state index contributed by atoms with van der Waals surface area (Å²) in [4.78, 5) is 6.29. The Morgan fingerprint density at radius 1 is 1.07 bits per heavy atom. The summed E-state index contributed by atoms with van der Waals surface area (Å²) in [6.07, 6.45) is 4.05. The fraction of sp³-hybridized carbons (Fsp3) is 0.739. The standard InChI is InChI=1S/C23H43N5O/c1-20(24-12-6-9-22(3)29)8-5-11-25-21(2)18-28-13-7-10-23(28)19-27-16-14-26(4)15-17-27/h23-25,29H,1-3,5-19H2,4H3/i13D2,23D. The van der Waals surface area contributed by atoms with Gasteiger partial charge in [0, 0.05) is 80.3 Å². The number of rotatable bonds is 14. The third-order valence-corrected chi connectivity index (χ3v) is 5.50. The summed E-state index contributed by atoms with van der Waals surface area (Å²) < 4.78 is 26.0. The molecule has 0 aromatic carbocycles. The molecule has 2 saturated heterocycles. The zero-order valence-corrected chi connectivity index (χ0v) is 18.3. The molecule has 2 fully saturated rings. The van der Waals surface area contributed by atoms with Gasteiger partial charge in [-0.3, -0.25) is 9.80 Å². The molecule has 29 heavy (non-hydrogen) atoms. The monoisotopic (exact) mass is 408 g/mol. The highest BCUT2D eigenvalue weighted by molar-refractivity contribution is 4.99. The Bertz CT molecular complexity index is 652. The Hall–Kier alpha value is -1.50. The normalized spacial score (nSPS) is 27.0. The van der Waals surface area contributed by atoms with Crippen LogP contribution in [0.4, 0.5) is 0 Å². The van der Waals surface area contributed by atoms with Gasteiger partial charge in [-0.05, 0) is 45.6 Å². The van der Waals surface area contributed by atoms with Gasteiger partial charge in [0.25, 0.3) is 0 Å². The maximum atomic E-state index is 9.10. The number of nitrogens with zero attached hydrogens (tertiary/aromatic N) is 3. The molecule has 0 spiro atoms. The van der Waals surface area contributed by atoms with Crippen LogP contribution < -0.4 is 10.6 Å². The molecule has 2 aliphatic rings. The van der Waals surface area contributed by atoms with Crippen molar-refractivity contribution >= 4 is 0 Å². The van der Waals surface area contributed by atoms with E-state index in [2.05, 4.69) is 47.2 Å². The Morgan fingerprint density at radius 2 is 1.72 bits per heavy atom. The first kappa shape index (κ1) is 19.5. The summed E-state index contributed by atoms with van der Waals surface area (Å²) in [6.45, 7) is 16.4. The van der Waals surface area contributed by atoms with Crippen molar-refractivity contribution in [2.75, 3.05) is 65.9 Å². The van der Waals surface area contributed by atoms with Gasteiger partial charge in [-0.25, -0.2) is 0 Å². The van der Waals surface area contributed by atoms with Crippen LogP contribution in [0.5, 0.6) is 0 Å². The maximum absolute atomic E-state index is 9.10. The van der Waals surface area contributed by atoms with Crippen molar-refractivity contribution in [3.8, 4) is 0 Å². The van der Waals surface area contributed by atoms with E-state index in [0.29, 0.717) is 32.4 Å². The second-order valence-electron chi connectivity index (χ2n) is 8.22.